The third kappa shape index (κ3) is 3.76. The van der Waals surface area contributed by atoms with E-state index >= 15 is 0 Å². The van der Waals surface area contributed by atoms with Gasteiger partial charge in [-0.1, -0.05) is 13.3 Å². The number of hydrogen-bond donors (Lipinski definition) is 1. The minimum atomic E-state index is 0.668. The second-order valence-corrected chi connectivity index (χ2v) is 5.11. The first-order chi connectivity index (χ1) is 7.19. The first-order valence-corrected chi connectivity index (χ1v) is 6.60. The Kier molecular flexibility index (Phi) is 5.62. The molecule has 0 aromatic carbocycles. The number of likely N-dealkylation sites (tertiary alicyclic amines) is 1. The first-order valence-electron chi connectivity index (χ1n) is 6.60. The molecular weight excluding hydrogens is 184 g/mol. The molecule has 1 heterocycles. The van der Waals surface area contributed by atoms with Crippen molar-refractivity contribution in [2.24, 2.45) is 5.92 Å². The molecule has 2 nitrogen and oxygen atoms in total. The zero-order valence-electron chi connectivity index (χ0n) is 10.9. The Morgan fingerprint density at radius 3 is 2.73 bits per heavy atom. The van der Waals surface area contributed by atoms with Gasteiger partial charge in [0.2, 0.25) is 0 Å². The number of nitrogens with one attached hydrogen (secondary N) is 1. The van der Waals surface area contributed by atoms with Crippen molar-refractivity contribution >= 4 is 0 Å². The zero-order valence-corrected chi connectivity index (χ0v) is 10.9. The van der Waals surface area contributed by atoms with Crippen molar-refractivity contribution in [2.75, 3.05) is 20.1 Å². The van der Waals surface area contributed by atoms with Gasteiger partial charge in [0.25, 0.3) is 0 Å². The van der Waals surface area contributed by atoms with E-state index in [1.165, 1.54) is 38.8 Å². The second kappa shape index (κ2) is 6.49. The Morgan fingerprint density at radius 2 is 2.13 bits per heavy atom. The smallest absolute Gasteiger partial charge is 0.00762 e. The second-order valence-electron chi connectivity index (χ2n) is 5.11. The summed E-state index contributed by atoms with van der Waals surface area (Å²) in [6, 6.07) is 1.45. The molecule has 0 radical (unpaired) electrons. The Hall–Kier alpha value is -0.0800. The summed E-state index contributed by atoms with van der Waals surface area (Å²) < 4.78 is 0. The molecule has 1 fully saturated rings. The number of rotatable bonds is 5. The maximum absolute atomic E-state index is 3.40. The van der Waals surface area contributed by atoms with Gasteiger partial charge in [-0.2, -0.15) is 0 Å². The van der Waals surface area contributed by atoms with Crippen LogP contribution in [0.25, 0.3) is 0 Å². The summed E-state index contributed by atoms with van der Waals surface area (Å²) in [4.78, 5) is 2.69. The fourth-order valence-electron chi connectivity index (χ4n) is 2.68. The number of nitrogens with zero attached hydrogens (tertiary/aromatic N) is 1. The molecule has 90 valence electrons. The highest BCUT2D eigenvalue weighted by Crippen LogP contribution is 2.22. The molecule has 0 aliphatic carbocycles. The van der Waals surface area contributed by atoms with Crippen molar-refractivity contribution < 1.29 is 0 Å². The minimum absolute atomic E-state index is 0.668. The first kappa shape index (κ1) is 13.0. The van der Waals surface area contributed by atoms with E-state index in [1.54, 1.807) is 0 Å². The lowest BCUT2D eigenvalue weighted by Crippen LogP contribution is -2.46. The predicted molar refractivity (Wildman–Crippen MR) is 67.2 cm³/mol. The van der Waals surface area contributed by atoms with Crippen LogP contribution in [0.15, 0.2) is 0 Å². The normalized spacial score (nSPS) is 27.6. The van der Waals surface area contributed by atoms with Gasteiger partial charge in [-0.25, -0.2) is 0 Å². The van der Waals surface area contributed by atoms with Gasteiger partial charge in [0.1, 0.15) is 0 Å². The van der Waals surface area contributed by atoms with E-state index in [-0.39, 0.29) is 0 Å². The van der Waals surface area contributed by atoms with Crippen LogP contribution in [-0.4, -0.2) is 37.1 Å². The number of hydrogen-bond acceptors (Lipinski definition) is 2. The molecule has 0 aromatic heterocycles. The fourth-order valence-corrected chi connectivity index (χ4v) is 2.68. The largest absolute Gasteiger partial charge is 0.317 e. The van der Waals surface area contributed by atoms with Gasteiger partial charge >= 0.3 is 0 Å². The molecule has 3 unspecified atom stereocenters. The summed E-state index contributed by atoms with van der Waals surface area (Å²) in [5.74, 6) is 0.850. The Morgan fingerprint density at radius 1 is 1.40 bits per heavy atom. The van der Waals surface area contributed by atoms with Gasteiger partial charge in [-0.3, -0.25) is 0 Å². The summed E-state index contributed by atoms with van der Waals surface area (Å²) in [5, 5.41) is 3.40. The van der Waals surface area contributed by atoms with Crippen molar-refractivity contribution in [3.05, 3.63) is 0 Å². The van der Waals surface area contributed by atoms with Crippen LogP contribution in [0.1, 0.15) is 46.5 Å². The molecule has 0 bridgehead atoms. The summed E-state index contributed by atoms with van der Waals surface area (Å²) >= 11 is 0. The average molecular weight is 212 g/mol. The fraction of sp³-hybridized carbons (Fsp3) is 1.00. The minimum Gasteiger partial charge on any atom is -0.317 e. The highest BCUT2D eigenvalue weighted by Gasteiger charge is 2.25. The molecular formula is C13H28N2. The lowest BCUT2D eigenvalue weighted by atomic mass is 9.90. The van der Waals surface area contributed by atoms with E-state index in [2.05, 4.69) is 38.0 Å². The van der Waals surface area contributed by atoms with Crippen molar-refractivity contribution in [2.45, 2.75) is 58.5 Å². The summed E-state index contributed by atoms with van der Waals surface area (Å²) in [5.41, 5.74) is 0. The van der Waals surface area contributed by atoms with Crippen LogP contribution in [-0.2, 0) is 0 Å². The molecule has 0 spiro atoms. The Bertz CT molecular complexity index is 170. The van der Waals surface area contributed by atoms with Crippen molar-refractivity contribution in [3.8, 4) is 0 Å². The van der Waals surface area contributed by atoms with Crippen LogP contribution in [0.4, 0.5) is 0 Å². The van der Waals surface area contributed by atoms with Gasteiger partial charge in [0.15, 0.2) is 0 Å². The van der Waals surface area contributed by atoms with Crippen LogP contribution in [0.5, 0.6) is 0 Å². The number of piperidine rings is 1. The maximum Gasteiger partial charge on any atom is 0.00762 e. The van der Waals surface area contributed by atoms with Gasteiger partial charge in [0, 0.05) is 18.6 Å². The molecule has 3 atom stereocenters. The van der Waals surface area contributed by atoms with E-state index in [9.17, 15) is 0 Å². The molecule has 1 aliphatic heterocycles. The van der Waals surface area contributed by atoms with E-state index in [0.29, 0.717) is 6.04 Å². The van der Waals surface area contributed by atoms with Crippen LogP contribution < -0.4 is 5.32 Å². The lowest BCUT2D eigenvalue weighted by Gasteiger charge is -2.39. The van der Waals surface area contributed by atoms with E-state index in [0.717, 1.165) is 12.0 Å². The van der Waals surface area contributed by atoms with Gasteiger partial charge in [-0.15, -0.1) is 0 Å². The summed E-state index contributed by atoms with van der Waals surface area (Å²) in [7, 11) is 2.08. The van der Waals surface area contributed by atoms with Crippen LogP contribution in [0.3, 0.4) is 0 Å². The standard InChI is InChI=1S/C13H28N2/c1-5-7-11(2)15-9-6-8-13(10-15)12(3)14-4/h11-14H,5-10H2,1-4H3. The predicted octanol–water partition coefficient (Wildman–Crippen LogP) is 2.49. The molecule has 1 aliphatic rings. The SMILES string of the molecule is CCCC(C)N1CCCC(C(C)NC)C1. The van der Waals surface area contributed by atoms with E-state index < -0.39 is 0 Å². The zero-order chi connectivity index (χ0) is 11.3. The molecule has 1 rings (SSSR count). The quantitative estimate of drug-likeness (QED) is 0.753. The highest BCUT2D eigenvalue weighted by molar-refractivity contribution is 4.81. The lowest BCUT2D eigenvalue weighted by molar-refractivity contribution is 0.111. The third-order valence-corrected chi connectivity index (χ3v) is 3.98. The molecule has 1 N–H and O–H groups in total. The van der Waals surface area contributed by atoms with Gasteiger partial charge in [-0.05, 0) is 52.6 Å². The van der Waals surface area contributed by atoms with Crippen LogP contribution >= 0.6 is 0 Å². The molecule has 2 heteroatoms. The monoisotopic (exact) mass is 212 g/mol. The molecule has 15 heavy (non-hydrogen) atoms. The van der Waals surface area contributed by atoms with Crippen molar-refractivity contribution in [1.82, 2.24) is 10.2 Å². The van der Waals surface area contributed by atoms with Crippen molar-refractivity contribution in [3.63, 3.8) is 0 Å². The maximum atomic E-state index is 3.40. The van der Waals surface area contributed by atoms with Crippen molar-refractivity contribution in [1.29, 1.82) is 0 Å². The average Bonchev–Trinajstić information content (AvgIpc) is 2.28. The van der Waals surface area contributed by atoms with E-state index in [4.69, 9.17) is 0 Å². The van der Waals surface area contributed by atoms with Gasteiger partial charge in [0.05, 0.1) is 0 Å². The topological polar surface area (TPSA) is 15.3 Å². The third-order valence-electron chi connectivity index (χ3n) is 3.98. The highest BCUT2D eigenvalue weighted by atomic mass is 15.2. The molecule has 0 amide bonds. The van der Waals surface area contributed by atoms with Gasteiger partial charge < -0.3 is 10.2 Å². The van der Waals surface area contributed by atoms with E-state index in [1.807, 2.05) is 0 Å². The molecule has 1 saturated heterocycles. The van der Waals surface area contributed by atoms with Crippen LogP contribution in [0, 0.1) is 5.92 Å². The summed E-state index contributed by atoms with van der Waals surface area (Å²) in [6.45, 7) is 9.60. The van der Waals surface area contributed by atoms with Crippen LogP contribution in [0.2, 0.25) is 0 Å². The Labute approximate surface area is 95.4 Å². The molecule has 0 saturated carbocycles. The Balaban J connectivity index is 2.41. The summed E-state index contributed by atoms with van der Waals surface area (Å²) in [6.07, 6.45) is 5.44. The molecule has 0 aromatic rings.